The third kappa shape index (κ3) is 1.73. The molecule has 1 nitrogen and oxygen atoms in total. The van der Waals surface area contributed by atoms with E-state index in [4.69, 9.17) is 17.3 Å². The van der Waals surface area contributed by atoms with Crippen LogP contribution in [0.1, 0.15) is 16.7 Å². The van der Waals surface area contributed by atoms with Crippen LogP contribution in [0.2, 0.25) is 5.02 Å². The fourth-order valence-electron chi connectivity index (χ4n) is 1.15. The molecule has 0 bridgehead atoms. The van der Waals surface area contributed by atoms with Gasteiger partial charge in [0.2, 0.25) is 0 Å². The summed E-state index contributed by atoms with van der Waals surface area (Å²) in [6, 6.07) is 4.05. The van der Waals surface area contributed by atoms with Crippen molar-refractivity contribution in [2.45, 2.75) is 20.4 Å². The molecule has 1 aromatic rings. The SMILES string of the molecule is Cc1cc(CN)cc(C)c1Cl. The summed E-state index contributed by atoms with van der Waals surface area (Å²) < 4.78 is 0. The molecule has 0 heterocycles. The summed E-state index contributed by atoms with van der Waals surface area (Å²) in [6.45, 7) is 4.57. The first-order valence-corrected chi connectivity index (χ1v) is 3.98. The van der Waals surface area contributed by atoms with Crippen LogP contribution in [0.25, 0.3) is 0 Å². The number of halogens is 1. The first-order valence-electron chi connectivity index (χ1n) is 3.61. The highest BCUT2D eigenvalue weighted by Gasteiger charge is 2.00. The van der Waals surface area contributed by atoms with Crippen LogP contribution in [0.3, 0.4) is 0 Å². The van der Waals surface area contributed by atoms with E-state index in [1.165, 1.54) is 0 Å². The lowest BCUT2D eigenvalue weighted by Crippen LogP contribution is -1.97. The first kappa shape index (κ1) is 8.57. The molecule has 0 radical (unpaired) electrons. The van der Waals surface area contributed by atoms with Gasteiger partial charge in [-0.15, -0.1) is 0 Å². The van der Waals surface area contributed by atoms with Crippen LogP contribution < -0.4 is 5.73 Å². The van der Waals surface area contributed by atoms with Crippen molar-refractivity contribution in [1.82, 2.24) is 0 Å². The highest BCUT2D eigenvalue weighted by molar-refractivity contribution is 6.32. The van der Waals surface area contributed by atoms with Gasteiger partial charge in [0.15, 0.2) is 0 Å². The molecule has 0 fully saturated rings. The van der Waals surface area contributed by atoms with Crippen LogP contribution in [0.4, 0.5) is 0 Å². The van der Waals surface area contributed by atoms with Crippen molar-refractivity contribution in [2.75, 3.05) is 0 Å². The molecule has 2 heteroatoms. The molecule has 0 unspecified atom stereocenters. The first-order chi connectivity index (χ1) is 5.15. The fourth-order valence-corrected chi connectivity index (χ4v) is 1.26. The minimum atomic E-state index is 0.582. The molecule has 0 saturated carbocycles. The molecule has 11 heavy (non-hydrogen) atoms. The molecule has 0 spiro atoms. The average molecular weight is 170 g/mol. The van der Waals surface area contributed by atoms with Crippen LogP contribution >= 0.6 is 11.6 Å². The van der Waals surface area contributed by atoms with Crippen LogP contribution in [-0.4, -0.2) is 0 Å². The van der Waals surface area contributed by atoms with Gasteiger partial charge in [-0.05, 0) is 30.5 Å². The predicted octanol–water partition coefficient (Wildman–Crippen LogP) is 2.42. The van der Waals surface area contributed by atoms with Gasteiger partial charge in [0, 0.05) is 11.6 Å². The Bertz CT molecular complexity index is 245. The van der Waals surface area contributed by atoms with Crippen molar-refractivity contribution in [3.63, 3.8) is 0 Å². The van der Waals surface area contributed by atoms with E-state index in [-0.39, 0.29) is 0 Å². The van der Waals surface area contributed by atoms with Crippen LogP contribution in [0, 0.1) is 13.8 Å². The van der Waals surface area contributed by atoms with E-state index in [0.29, 0.717) is 6.54 Å². The summed E-state index contributed by atoms with van der Waals surface area (Å²) in [4.78, 5) is 0. The van der Waals surface area contributed by atoms with E-state index in [9.17, 15) is 0 Å². The second-order valence-corrected chi connectivity index (χ2v) is 3.13. The highest BCUT2D eigenvalue weighted by Crippen LogP contribution is 2.21. The maximum Gasteiger partial charge on any atom is 0.0464 e. The fraction of sp³-hybridized carbons (Fsp3) is 0.333. The minimum Gasteiger partial charge on any atom is -0.326 e. The number of nitrogens with two attached hydrogens (primary N) is 1. The lowest BCUT2D eigenvalue weighted by atomic mass is 10.1. The van der Waals surface area contributed by atoms with Gasteiger partial charge in [-0.2, -0.15) is 0 Å². The molecule has 0 aromatic heterocycles. The summed E-state index contributed by atoms with van der Waals surface area (Å²) in [5.74, 6) is 0. The molecule has 2 N–H and O–H groups in total. The van der Waals surface area contributed by atoms with Gasteiger partial charge >= 0.3 is 0 Å². The van der Waals surface area contributed by atoms with Gasteiger partial charge in [0.1, 0.15) is 0 Å². The predicted molar refractivity (Wildman–Crippen MR) is 48.8 cm³/mol. The van der Waals surface area contributed by atoms with Gasteiger partial charge in [-0.1, -0.05) is 23.7 Å². The monoisotopic (exact) mass is 169 g/mol. The van der Waals surface area contributed by atoms with E-state index < -0.39 is 0 Å². The van der Waals surface area contributed by atoms with Crippen molar-refractivity contribution in [3.8, 4) is 0 Å². The van der Waals surface area contributed by atoms with E-state index in [0.717, 1.165) is 21.7 Å². The van der Waals surface area contributed by atoms with Crippen molar-refractivity contribution >= 4 is 11.6 Å². The molecule has 0 atom stereocenters. The number of hydrogen-bond acceptors (Lipinski definition) is 1. The van der Waals surface area contributed by atoms with Gasteiger partial charge in [0.05, 0.1) is 0 Å². The zero-order valence-electron chi connectivity index (χ0n) is 6.82. The molecular weight excluding hydrogens is 158 g/mol. The standard InChI is InChI=1S/C9H12ClN/c1-6-3-8(5-11)4-7(2)9(6)10/h3-4H,5,11H2,1-2H3. The summed E-state index contributed by atoms with van der Waals surface area (Å²) in [5, 5.41) is 0.849. The molecule has 0 aliphatic carbocycles. The quantitative estimate of drug-likeness (QED) is 0.687. The summed E-state index contributed by atoms with van der Waals surface area (Å²) >= 11 is 5.97. The van der Waals surface area contributed by atoms with E-state index in [1.54, 1.807) is 0 Å². The third-order valence-electron chi connectivity index (χ3n) is 1.73. The lowest BCUT2D eigenvalue weighted by molar-refractivity contribution is 1.06. The molecule has 0 aliphatic heterocycles. The Kier molecular flexibility index (Phi) is 2.53. The molecule has 0 amide bonds. The van der Waals surface area contributed by atoms with Gasteiger partial charge in [-0.3, -0.25) is 0 Å². The van der Waals surface area contributed by atoms with Crippen molar-refractivity contribution in [1.29, 1.82) is 0 Å². The Hall–Kier alpha value is -0.530. The smallest absolute Gasteiger partial charge is 0.0464 e. The van der Waals surface area contributed by atoms with Crippen molar-refractivity contribution in [3.05, 3.63) is 33.8 Å². The molecule has 0 saturated heterocycles. The lowest BCUT2D eigenvalue weighted by Gasteiger charge is -2.04. The zero-order chi connectivity index (χ0) is 8.43. The highest BCUT2D eigenvalue weighted by atomic mass is 35.5. The van der Waals surface area contributed by atoms with Gasteiger partial charge in [0.25, 0.3) is 0 Å². The number of aryl methyl sites for hydroxylation is 2. The number of hydrogen-bond donors (Lipinski definition) is 1. The Labute approximate surface area is 72.2 Å². The average Bonchev–Trinajstić information content (AvgIpc) is 1.99. The normalized spacial score (nSPS) is 10.2. The molecule has 0 aliphatic rings. The molecule has 1 aromatic carbocycles. The number of rotatable bonds is 1. The van der Waals surface area contributed by atoms with E-state index >= 15 is 0 Å². The van der Waals surface area contributed by atoms with Gasteiger partial charge < -0.3 is 5.73 Å². The third-order valence-corrected chi connectivity index (χ3v) is 2.33. The Balaban J connectivity index is 3.21. The van der Waals surface area contributed by atoms with Crippen LogP contribution in [0.15, 0.2) is 12.1 Å². The summed E-state index contributed by atoms with van der Waals surface area (Å²) in [6.07, 6.45) is 0. The maximum absolute atomic E-state index is 5.97. The van der Waals surface area contributed by atoms with E-state index in [2.05, 4.69) is 0 Å². The Morgan fingerprint density at radius 1 is 1.27 bits per heavy atom. The van der Waals surface area contributed by atoms with Crippen molar-refractivity contribution < 1.29 is 0 Å². The van der Waals surface area contributed by atoms with Crippen LogP contribution in [-0.2, 0) is 6.54 Å². The van der Waals surface area contributed by atoms with Gasteiger partial charge in [-0.25, -0.2) is 0 Å². The largest absolute Gasteiger partial charge is 0.326 e. The Morgan fingerprint density at radius 3 is 2.09 bits per heavy atom. The Morgan fingerprint density at radius 2 is 1.73 bits per heavy atom. The number of benzene rings is 1. The molecular formula is C9H12ClN. The molecule has 1 rings (SSSR count). The second-order valence-electron chi connectivity index (χ2n) is 2.75. The van der Waals surface area contributed by atoms with Crippen LogP contribution in [0.5, 0.6) is 0 Å². The summed E-state index contributed by atoms with van der Waals surface area (Å²) in [7, 11) is 0. The zero-order valence-corrected chi connectivity index (χ0v) is 7.57. The molecule has 60 valence electrons. The maximum atomic E-state index is 5.97. The van der Waals surface area contributed by atoms with E-state index in [1.807, 2.05) is 26.0 Å². The minimum absolute atomic E-state index is 0.582. The second kappa shape index (κ2) is 3.24. The summed E-state index contributed by atoms with van der Waals surface area (Å²) in [5.41, 5.74) is 8.85. The topological polar surface area (TPSA) is 26.0 Å². The van der Waals surface area contributed by atoms with Crippen molar-refractivity contribution in [2.24, 2.45) is 5.73 Å².